The summed E-state index contributed by atoms with van der Waals surface area (Å²) in [6, 6.07) is 0. The predicted octanol–water partition coefficient (Wildman–Crippen LogP) is 1.33. The first-order chi connectivity index (χ1) is 4.47. The maximum Gasteiger partial charge on any atom is 0.0625 e. The zero-order chi connectivity index (χ0) is 8.62. The molecule has 0 atom stereocenters. The topological polar surface area (TPSA) is 40.5 Å². The van der Waals surface area contributed by atoms with Gasteiger partial charge in [-0.2, -0.15) is 0 Å². The van der Waals surface area contributed by atoms with Gasteiger partial charge in [0, 0.05) is 6.61 Å². The van der Waals surface area contributed by atoms with Crippen LogP contribution in [0.1, 0.15) is 27.2 Å². The maximum atomic E-state index is 8.95. The second-order valence-electron chi connectivity index (χ2n) is 2.62. The molecule has 2 nitrogen and oxygen atoms in total. The van der Waals surface area contributed by atoms with Crippen LogP contribution in [0.2, 0.25) is 0 Å². The smallest absolute Gasteiger partial charge is 0.0625 e. The minimum absolute atomic E-state index is 0.250. The Balaban J connectivity index is 0. The zero-order valence-electron chi connectivity index (χ0n) is 7.09. The molecule has 2 N–H and O–H groups in total. The monoisotopic (exact) mass is 146 g/mol. The molecule has 0 heterocycles. The van der Waals surface area contributed by atoms with Gasteiger partial charge in [0.25, 0.3) is 0 Å². The molecule has 0 aliphatic heterocycles. The van der Waals surface area contributed by atoms with Crippen LogP contribution in [0.5, 0.6) is 0 Å². The summed E-state index contributed by atoms with van der Waals surface area (Å²) in [7, 11) is 0. The molecule has 0 saturated carbocycles. The van der Waals surface area contributed by atoms with Crippen molar-refractivity contribution in [3.8, 4) is 0 Å². The number of aliphatic hydroxyl groups excluding tert-OH is 1. The molecule has 10 heavy (non-hydrogen) atoms. The summed E-state index contributed by atoms with van der Waals surface area (Å²) in [5, 5.41) is 16.5. The first kappa shape index (κ1) is 12.3. The number of hydrogen-bond acceptors (Lipinski definition) is 2. The second kappa shape index (κ2) is 6.78. The van der Waals surface area contributed by atoms with Gasteiger partial charge in [-0.25, -0.2) is 0 Å². The Hall–Kier alpha value is -0.340. The fraction of sp³-hybridized carbons (Fsp3) is 0.750. The van der Waals surface area contributed by atoms with E-state index in [2.05, 4.69) is 6.58 Å². The Labute approximate surface area is 63.2 Å². The Morgan fingerprint density at radius 2 is 1.80 bits per heavy atom. The fourth-order valence-electron chi connectivity index (χ4n) is 0.353. The van der Waals surface area contributed by atoms with E-state index in [0.29, 0.717) is 6.42 Å². The highest BCUT2D eigenvalue weighted by atomic mass is 16.3. The molecule has 0 aromatic heterocycles. The van der Waals surface area contributed by atoms with Crippen molar-refractivity contribution in [2.75, 3.05) is 6.61 Å². The van der Waals surface area contributed by atoms with Gasteiger partial charge >= 0.3 is 0 Å². The van der Waals surface area contributed by atoms with Crippen LogP contribution in [0, 0.1) is 0 Å². The number of hydrogen-bond donors (Lipinski definition) is 2. The van der Waals surface area contributed by atoms with Gasteiger partial charge in [0.2, 0.25) is 0 Å². The van der Waals surface area contributed by atoms with Crippen LogP contribution in [0.25, 0.3) is 0 Å². The Morgan fingerprint density at radius 3 is 1.80 bits per heavy atom. The van der Waals surface area contributed by atoms with E-state index < -0.39 is 5.60 Å². The summed E-state index contributed by atoms with van der Waals surface area (Å²) >= 11 is 0. The summed E-state index contributed by atoms with van der Waals surface area (Å²) in [5.41, 5.74) is -0.568. The third-order valence-corrected chi connectivity index (χ3v) is 0.644. The van der Waals surface area contributed by atoms with Gasteiger partial charge in [-0.05, 0) is 27.2 Å². The van der Waals surface area contributed by atoms with Gasteiger partial charge < -0.3 is 10.2 Å². The summed E-state index contributed by atoms with van der Waals surface area (Å²) in [6.45, 7) is 8.93. The highest BCUT2D eigenvalue weighted by Gasteiger charge is 2.07. The highest BCUT2D eigenvalue weighted by Crippen LogP contribution is 2.05. The minimum Gasteiger partial charge on any atom is -0.397 e. The van der Waals surface area contributed by atoms with E-state index in [-0.39, 0.29) is 6.61 Å². The van der Waals surface area contributed by atoms with Crippen molar-refractivity contribution in [2.24, 2.45) is 0 Å². The summed E-state index contributed by atoms with van der Waals surface area (Å²) in [5.74, 6) is 0. The lowest BCUT2D eigenvalue weighted by Gasteiger charge is -2.12. The molecule has 62 valence electrons. The van der Waals surface area contributed by atoms with E-state index in [1.54, 1.807) is 26.8 Å². The van der Waals surface area contributed by atoms with Crippen LogP contribution in [0.3, 0.4) is 0 Å². The molecular weight excluding hydrogens is 128 g/mol. The molecule has 0 aliphatic carbocycles. The number of aliphatic hydroxyl groups is 2. The largest absolute Gasteiger partial charge is 0.397 e. The molecule has 0 spiro atoms. The lowest BCUT2D eigenvalue weighted by atomic mass is 10.1. The highest BCUT2D eigenvalue weighted by molar-refractivity contribution is 4.77. The third-order valence-electron chi connectivity index (χ3n) is 0.644. The van der Waals surface area contributed by atoms with E-state index in [1.807, 2.05) is 0 Å². The van der Waals surface area contributed by atoms with Crippen LogP contribution in [0.4, 0.5) is 0 Å². The first-order valence-electron chi connectivity index (χ1n) is 3.42. The minimum atomic E-state index is -0.568. The summed E-state index contributed by atoms with van der Waals surface area (Å²) < 4.78 is 0. The Bertz CT molecular complexity index is 71.8. The average Bonchev–Trinajstić information content (AvgIpc) is 1.63. The molecule has 0 amide bonds. The summed E-state index contributed by atoms with van der Waals surface area (Å²) in [6.07, 6.45) is 2.37. The first-order valence-corrected chi connectivity index (χ1v) is 3.42. The van der Waals surface area contributed by atoms with Gasteiger partial charge in [0.05, 0.1) is 5.60 Å². The molecule has 0 rings (SSSR count). The van der Waals surface area contributed by atoms with Crippen LogP contribution < -0.4 is 0 Å². The molecule has 0 radical (unpaired) electrons. The van der Waals surface area contributed by atoms with Crippen LogP contribution in [0.15, 0.2) is 12.7 Å². The molecule has 0 bridgehead atoms. The number of rotatable bonds is 2. The van der Waals surface area contributed by atoms with Gasteiger partial charge in [-0.15, -0.1) is 6.58 Å². The van der Waals surface area contributed by atoms with Crippen molar-refractivity contribution >= 4 is 0 Å². The standard InChI is InChI=1S/C6H12O.C2H6O/c1-4-5-6(2,3)7;1-2-3/h4,7H,1,5H2,2-3H3;3H,2H2,1H3. The van der Waals surface area contributed by atoms with E-state index in [4.69, 9.17) is 10.2 Å². The van der Waals surface area contributed by atoms with Crippen LogP contribution in [-0.4, -0.2) is 22.4 Å². The lowest BCUT2D eigenvalue weighted by Crippen LogP contribution is -2.16. The fourth-order valence-corrected chi connectivity index (χ4v) is 0.353. The van der Waals surface area contributed by atoms with E-state index in [9.17, 15) is 0 Å². The molecule has 0 fully saturated rings. The molecule has 0 aromatic rings. The predicted molar refractivity (Wildman–Crippen MR) is 43.9 cm³/mol. The Morgan fingerprint density at radius 1 is 1.50 bits per heavy atom. The van der Waals surface area contributed by atoms with Crippen LogP contribution >= 0.6 is 0 Å². The van der Waals surface area contributed by atoms with Crippen molar-refractivity contribution in [2.45, 2.75) is 32.8 Å². The molecule has 0 aliphatic rings. The van der Waals surface area contributed by atoms with Crippen molar-refractivity contribution in [3.63, 3.8) is 0 Å². The third kappa shape index (κ3) is 25.4. The quantitative estimate of drug-likeness (QED) is 0.577. The maximum absolute atomic E-state index is 8.95. The van der Waals surface area contributed by atoms with Gasteiger partial charge in [-0.1, -0.05) is 6.08 Å². The molecule has 0 saturated heterocycles. The van der Waals surface area contributed by atoms with Crippen molar-refractivity contribution in [3.05, 3.63) is 12.7 Å². The van der Waals surface area contributed by atoms with Crippen molar-refractivity contribution in [1.29, 1.82) is 0 Å². The van der Waals surface area contributed by atoms with Gasteiger partial charge in [-0.3, -0.25) is 0 Å². The SMILES string of the molecule is C=CCC(C)(C)O.CCO. The van der Waals surface area contributed by atoms with E-state index in [1.165, 1.54) is 0 Å². The van der Waals surface area contributed by atoms with Gasteiger partial charge in [0.15, 0.2) is 0 Å². The molecule has 0 unspecified atom stereocenters. The zero-order valence-corrected chi connectivity index (χ0v) is 7.09. The second-order valence-corrected chi connectivity index (χ2v) is 2.62. The van der Waals surface area contributed by atoms with Crippen molar-refractivity contribution < 1.29 is 10.2 Å². The van der Waals surface area contributed by atoms with Crippen molar-refractivity contribution in [1.82, 2.24) is 0 Å². The van der Waals surface area contributed by atoms with Gasteiger partial charge in [0.1, 0.15) is 0 Å². The Kier molecular flexibility index (Phi) is 8.37. The average molecular weight is 146 g/mol. The normalized spacial score (nSPS) is 9.70. The molecule has 2 heteroatoms. The summed E-state index contributed by atoms with van der Waals surface area (Å²) in [4.78, 5) is 0. The van der Waals surface area contributed by atoms with E-state index >= 15 is 0 Å². The molecule has 0 aromatic carbocycles. The lowest BCUT2D eigenvalue weighted by molar-refractivity contribution is 0.0840. The van der Waals surface area contributed by atoms with E-state index in [0.717, 1.165) is 0 Å². The van der Waals surface area contributed by atoms with Crippen LogP contribution in [-0.2, 0) is 0 Å². The molecular formula is C8H18O2.